The maximum absolute atomic E-state index is 12.7. The molecule has 0 radical (unpaired) electrons. The Hall–Kier alpha value is -2.74. The summed E-state index contributed by atoms with van der Waals surface area (Å²) in [6, 6.07) is 18.9. The Bertz CT molecular complexity index is 1210. The van der Waals surface area contributed by atoms with Crippen LogP contribution in [-0.2, 0) is 16.6 Å². The van der Waals surface area contributed by atoms with Gasteiger partial charge in [-0.2, -0.15) is 0 Å². The zero-order valence-corrected chi connectivity index (χ0v) is 17.2. The second-order valence-corrected chi connectivity index (χ2v) is 8.61. The summed E-state index contributed by atoms with van der Waals surface area (Å²) in [6.45, 7) is 0.202. The van der Waals surface area contributed by atoms with Crippen LogP contribution in [0.4, 0.5) is 5.69 Å². The van der Waals surface area contributed by atoms with Crippen molar-refractivity contribution in [2.24, 2.45) is 4.99 Å². The van der Waals surface area contributed by atoms with Gasteiger partial charge in [0.2, 0.25) is 5.96 Å². The summed E-state index contributed by atoms with van der Waals surface area (Å²) in [5, 5.41) is 3.97. The summed E-state index contributed by atoms with van der Waals surface area (Å²) in [5.74, 6) is 0.800. The maximum atomic E-state index is 12.7. The maximum Gasteiger partial charge on any atom is 0.266 e. The third kappa shape index (κ3) is 4.17. The predicted molar refractivity (Wildman–Crippen MR) is 115 cm³/mol. The molecule has 0 saturated carbocycles. The highest BCUT2D eigenvalue weighted by molar-refractivity contribution is 7.90. The Morgan fingerprint density at radius 1 is 0.862 bits per heavy atom. The quantitative estimate of drug-likeness (QED) is 0.586. The van der Waals surface area contributed by atoms with Crippen molar-refractivity contribution in [3.05, 3.63) is 82.3 Å². The summed E-state index contributed by atoms with van der Waals surface area (Å²) in [7, 11) is -3.82. The Balaban J connectivity index is 1.69. The first-order valence-corrected chi connectivity index (χ1v) is 10.8. The van der Waals surface area contributed by atoms with Gasteiger partial charge < -0.3 is 10.1 Å². The number of aliphatic imine (C=N–C) groups is 1. The van der Waals surface area contributed by atoms with E-state index in [1.165, 1.54) is 6.07 Å². The van der Waals surface area contributed by atoms with Crippen LogP contribution in [0.1, 0.15) is 5.56 Å². The number of guanidine groups is 1. The van der Waals surface area contributed by atoms with Crippen molar-refractivity contribution in [3.8, 4) is 11.5 Å². The molecular formula is C20H15Cl2N3O3S. The van der Waals surface area contributed by atoms with E-state index < -0.39 is 10.0 Å². The Kier molecular flexibility index (Phi) is 5.36. The van der Waals surface area contributed by atoms with Crippen molar-refractivity contribution < 1.29 is 13.2 Å². The van der Waals surface area contributed by atoms with Crippen LogP contribution in [0.2, 0.25) is 10.0 Å². The molecule has 1 aliphatic heterocycles. The van der Waals surface area contributed by atoms with E-state index in [0.29, 0.717) is 21.5 Å². The van der Waals surface area contributed by atoms with Crippen LogP contribution in [0.3, 0.4) is 0 Å². The Morgan fingerprint density at radius 3 is 2.31 bits per heavy atom. The van der Waals surface area contributed by atoms with E-state index >= 15 is 0 Å². The Labute approximate surface area is 178 Å². The first kappa shape index (κ1) is 19.6. The summed E-state index contributed by atoms with van der Waals surface area (Å²) in [6.07, 6.45) is 0. The van der Waals surface area contributed by atoms with E-state index in [0.717, 1.165) is 5.56 Å². The highest BCUT2D eigenvalue weighted by atomic mass is 35.5. The molecule has 9 heteroatoms. The number of ether oxygens (including phenoxy) is 1. The molecule has 6 nitrogen and oxygen atoms in total. The smallest absolute Gasteiger partial charge is 0.266 e. The molecule has 0 unspecified atom stereocenters. The molecule has 1 aliphatic rings. The van der Waals surface area contributed by atoms with Crippen molar-refractivity contribution in [1.82, 2.24) is 4.72 Å². The molecule has 0 aromatic heterocycles. The first-order chi connectivity index (χ1) is 13.9. The topological polar surface area (TPSA) is 79.8 Å². The van der Waals surface area contributed by atoms with Gasteiger partial charge in [-0.05, 0) is 35.9 Å². The fourth-order valence-corrected chi connectivity index (χ4v) is 4.31. The van der Waals surface area contributed by atoms with Crippen molar-refractivity contribution in [2.45, 2.75) is 11.4 Å². The highest BCUT2D eigenvalue weighted by Crippen LogP contribution is 2.38. The van der Waals surface area contributed by atoms with Gasteiger partial charge in [-0.25, -0.2) is 18.1 Å². The van der Waals surface area contributed by atoms with Gasteiger partial charge in [0.25, 0.3) is 10.0 Å². The van der Waals surface area contributed by atoms with Crippen molar-refractivity contribution in [2.75, 3.05) is 5.32 Å². The van der Waals surface area contributed by atoms with Crippen LogP contribution >= 0.6 is 23.2 Å². The zero-order valence-electron chi connectivity index (χ0n) is 14.9. The van der Waals surface area contributed by atoms with E-state index in [2.05, 4.69) is 15.0 Å². The third-order valence-corrected chi connectivity index (χ3v) is 6.24. The highest BCUT2D eigenvalue weighted by Gasteiger charge is 2.29. The number of nitrogens with zero attached hydrogens (tertiary/aromatic N) is 1. The van der Waals surface area contributed by atoms with Gasteiger partial charge in [0.15, 0.2) is 5.75 Å². The number of anilines is 1. The second-order valence-electron chi connectivity index (χ2n) is 6.15. The van der Waals surface area contributed by atoms with Gasteiger partial charge in [-0.3, -0.25) is 0 Å². The molecule has 3 aromatic carbocycles. The number of hydrogen-bond donors (Lipinski definition) is 2. The van der Waals surface area contributed by atoms with Crippen LogP contribution in [-0.4, -0.2) is 14.4 Å². The average Bonchev–Trinajstić information content (AvgIpc) is 2.69. The van der Waals surface area contributed by atoms with E-state index in [9.17, 15) is 8.42 Å². The van der Waals surface area contributed by atoms with Gasteiger partial charge >= 0.3 is 0 Å². The number of rotatable bonds is 4. The van der Waals surface area contributed by atoms with Crippen LogP contribution in [0, 0.1) is 0 Å². The third-order valence-electron chi connectivity index (χ3n) is 4.17. The van der Waals surface area contributed by atoms with Crippen molar-refractivity contribution >= 4 is 44.9 Å². The fraction of sp³-hybridized carbons (Fsp3) is 0.0500. The van der Waals surface area contributed by atoms with E-state index in [1.54, 1.807) is 42.5 Å². The number of nitrogens with one attached hydrogen (secondary N) is 2. The van der Waals surface area contributed by atoms with Crippen LogP contribution in [0.15, 0.2) is 76.6 Å². The van der Waals surface area contributed by atoms with E-state index in [1.807, 2.05) is 18.2 Å². The number of sulfonamides is 1. The lowest BCUT2D eigenvalue weighted by Crippen LogP contribution is -2.40. The molecule has 1 heterocycles. The summed E-state index contributed by atoms with van der Waals surface area (Å²) in [4.78, 5) is 4.38. The number of fused-ring (bicyclic) bond motifs is 1. The molecule has 0 amide bonds. The molecular weight excluding hydrogens is 433 g/mol. The lowest BCUT2D eigenvalue weighted by atomic mass is 10.2. The number of hydrogen-bond acceptors (Lipinski definition) is 4. The van der Waals surface area contributed by atoms with Gasteiger partial charge in [0.05, 0.1) is 11.6 Å². The number of halogens is 2. The van der Waals surface area contributed by atoms with Gasteiger partial charge in [-0.1, -0.05) is 59.6 Å². The zero-order chi connectivity index (χ0) is 20.4. The second kappa shape index (κ2) is 7.94. The largest absolute Gasteiger partial charge is 0.454 e. The minimum Gasteiger partial charge on any atom is -0.454 e. The van der Waals surface area contributed by atoms with Crippen LogP contribution in [0.25, 0.3) is 0 Å². The minimum absolute atomic E-state index is 0.0544. The molecule has 2 N–H and O–H groups in total. The van der Waals surface area contributed by atoms with Gasteiger partial charge in [0.1, 0.15) is 16.3 Å². The van der Waals surface area contributed by atoms with E-state index in [-0.39, 0.29) is 23.1 Å². The SMILES string of the molecule is O=S1(=O)NC(=NCc2ccccc2Cl)Nc2c(Oc3ccccc3Cl)cccc21. The molecule has 0 spiro atoms. The first-order valence-electron chi connectivity index (χ1n) is 8.57. The van der Waals surface area contributed by atoms with Crippen molar-refractivity contribution in [3.63, 3.8) is 0 Å². The van der Waals surface area contributed by atoms with Crippen LogP contribution in [0.5, 0.6) is 11.5 Å². The molecule has 0 fully saturated rings. The average molecular weight is 448 g/mol. The molecule has 0 atom stereocenters. The van der Waals surface area contributed by atoms with E-state index in [4.69, 9.17) is 27.9 Å². The lowest BCUT2D eigenvalue weighted by Gasteiger charge is -2.23. The standard InChI is InChI=1S/C20H15Cl2N3O3S/c21-14-7-2-1-6-13(14)12-23-20-24-19-17(28-16-9-4-3-8-15(16)22)10-5-11-18(19)29(26,27)25-20/h1-11H,12H2,(H2,23,24,25). The minimum atomic E-state index is -3.82. The van der Waals surface area contributed by atoms with Crippen molar-refractivity contribution in [1.29, 1.82) is 0 Å². The molecule has 4 rings (SSSR count). The fourth-order valence-electron chi connectivity index (χ4n) is 2.78. The van der Waals surface area contributed by atoms with Crippen LogP contribution < -0.4 is 14.8 Å². The molecule has 148 valence electrons. The molecule has 0 bridgehead atoms. The Morgan fingerprint density at radius 2 is 1.55 bits per heavy atom. The van der Waals surface area contributed by atoms with Gasteiger partial charge in [0, 0.05) is 5.02 Å². The van der Waals surface area contributed by atoms with Gasteiger partial charge in [-0.15, -0.1) is 0 Å². The lowest BCUT2D eigenvalue weighted by molar-refractivity contribution is 0.483. The molecule has 29 heavy (non-hydrogen) atoms. The predicted octanol–water partition coefficient (Wildman–Crippen LogP) is 5.05. The normalized spacial score (nSPS) is 15.9. The molecule has 0 saturated heterocycles. The molecule has 3 aromatic rings. The monoisotopic (exact) mass is 447 g/mol. The summed E-state index contributed by atoms with van der Waals surface area (Å²) in [5.41, 5.74) is 1.05. The summed E-state index contributed by atoms with van der Waals surface area (Å²) >= 11 is 12.3. The number of para-hydroxylation sites is 2. The summed E-state index contributed by atoms with van der Waals surface area (Å²) < 4.78 is 33.7. The molecule has 0 aliphatic carbocycles. The number of benzene rings is 3.